The summed E-state index contributed by atoms with van der Waals surface area (Å²) in [5, 5.41) is 0. The molecule has 0 radical (unpaired) electrons. The van der Waals surface area contributed by atoms with Crippen LogP contribution in [-0.4, -0.2) is 42.0 Å². The van der Waals surface area contributed by atoms with Crippen LogP contribution in [-0.2, 0) is 6.54 Å². The van der Waals surface area contributed by atoms with E-state index >= 15 is 0 Å². The van der Waals surface area contributed by atoms with E-state index < -0.39 is 0 Å². The monoisotopic (exact) mass is 336 g/mol. The summed E-state index contributed by atoms with van der Waals surface area (Å²) in [6.45, 7) is 6.28. The van der Waals surface area contributed by atoms with Gasteiger partial charge in [0.05, 0.1) is 0 Å². The Morgan fingerprint density at radius 3 is 2.70 bits per heavy atom. The number of nitrogens with zero attached hydrogens (tertiary/aromatic N) is 2. The highest BCUT2D eigenvalue weighted by Gasteiger charge is 2.26. The molecule has 3 heteroatoms. The van der Waals surface area contributed by atoms with Gasteiger partial charge >= 0.3 is 0 Å². The van der Waals surface area contributed by atoms with Crippen molar-refractivity contribution < 1.29 is 0 Å². The molecule has 2 heterocycles. The molecule has 2 aliphatic heterocycles. The van der Waals surface area contributed by atoms with E-state index in [2.05, 4.69) is 50.0 Å². The van der Waals surface area contributed by atoms with E-state index in [4.69, 9.17) is 0 Å². The first kappa shape index (κ1) is 14.6. The number of rotatable bonds is 3. The van der Waals surface area contributed by atoms with Gasteiger partial charge in [-0.05, 0) is 63.0 Å². The van der Waals surface area contributed by atoms with Gasteiger partial charge in [0.15, 0.2) is 0 Å². The molecule has 2 fully saturated rings. The molecule has 2 nitrogen and oxygen atoms in total. The molecule has 0 amide bonds. The van der Waals surface area contributed by atoms with E-state index in [9.17, 15) is 0 Å². The Bertz CT molecular complexity index is 429. The first-order valence-corrected chi connectivity index (χ1v) is 8.81. The van der Waals surface area contributed by atoms with Gasteiger partial charge in [0.2, 0.25) is 0 Å². The number of piperidine rings is 2. The second-order valence-corrected chi connectivity index (χ2v) is 7.17. The molecular formula is C17H25BrN2. The van der Waals surface area contributed by atoms with Crippen LogP contribution in [0.25, 0.3) is 0 Å². The Morgan fingerprint density at radius 1 is 1.05 bits per heavy atom. The van der Waals surface area contributed by atoms with Crippen LogP contribution in [0.1, 0.15) is 37.7 Å². The predicted octanol–water partition coefficient (Wildman–Crippen LogP) is 3.90. The summed E-state index contributed by atoms with van der Waals surface area (Å²) in [5.41, 5.74) is 1.43. The molecule has 1 aromatic carbocycles. The van der Waals surface area contributed by atoms with Crippen molar-refractivity contribution in [2.75, 3.05) is 26.2 Å². The zero-order valence-corrected chi connectivity index (χ0v) is 13.8. The molecule has 3 rings (SSSR count). The SMILES string of the molecule is Brc1cccc(CN2CCCC(N3CCCCC3)C2)c1. The van der Waals surface area contributed by atoms with Crippen LogP contribution in [0, 0.1) is 0 Å². The quantitative estimate of drug-likeness (QED) is 0.825. The molecule has 0 saturated carbocycles. The van der Waals surface area contributed by atoms with Crippen molar-refractivity contribution in [3.8, 4) is 0 Å². The highest BCUT2D eigenvalue weighted by molar-refractivity contribution is 9.10. The van der Waals surface area contributed by atoms with Crippen LogP contribution < -0.4 is 0 Å². The summed E-state index contributed by atoms with van der Waals surface area (Å²) < 4.78 is 1.19. The zero-order valence-electron chi connectivity index (χ0n) is 12.2. The third-order valence-corrected chi connectivity index (χ3v) is 5.18. The van der Waals surface area contributed by atoms with Gasteiger partial charge in [-0.3, -0.25) is 9.80 Å². The molecule has 0 aromatic heterocycles. The Hall–Kier alpha value is -0.380. The Morgan fingerprint density at radius 2 is 1.90 bits per heavy atom. The smallest absolute Gasteiger partial charge is 0.0234 e. The van der Waals surface area contributed by atoms with Gasteiger partial charge in [-0.15, -0.1) is 0 Å². The second-order valence-electron chi connectivity index (χ2n) is 6.26. The topological polar surface area (TPSA) is 6.48 Å². The molecule has 20 heavy (non-hydrogen) atoms. The summed E-state index contributed by atoms with van der Waals surface area (Å²) in [6.07, 6.45) is 7.00. The van der Waals surface area contributed by atoms with E-state index in [-0.39, 0.29) is 0 Å². The molecule has 1 atom stereocenters. The van der Waals surface area contributed by atoms with Gasteiger partial charge in [0.25, 0.3) is 0 Å². The summed E-state index contributed by atoms with van der Waals surface area (Å²) in [7, 11) is 0. The number of hydrogen-bond acceptors (Lipinski definition) is 2. The Balaban J connectivity index is 1.57. The van der Waals surface area contributed by atoms with E-state index in [1.807, 2.05) is 0 Å². The maximum absolute atomic E-state index is 3.57. The third kappa shape index (κ3) is 3.84. The summed E-state index contributed by atoms with van der Waals surface area (Å²) in [4.78, 5) is 5.39. The number of likely N-dealkylation sites (tertiary alicyclic amines) is 2. The summed E-state index contributed by atoms with van der Waals surface area (Å²) in [5.74, 6) is 0. The van der Waals surface area contributed by atoms with E-state index in [1.165, 1.54) is 68.3 Å². The van der Waals surface area contributed by atoms with Crippen molar-refractivity contribution in [1.29, 1.82) is 0 Å². The maximum Gasteiger partial charge on any atom is 0.0234 e. The average molecular weight is 337 g/mol. The molecule has 0 bridgehead atoms. The fraction of sp³-hybridized carbons (Fsp3) is 0.647. The van der Waals surface area contributed by atoms with Crippen LogP contribution in [0.4, 0.5) is 0 Å². The first-order chi connectivity index (χ1) is 9.81. The molecule has 0 spiro atoms. The van der Waals surface area contributed by atoms with Crippen molar-refractivity contribution in [2.24, 2.45) is 0 Å². The average Bonchev–Trinajstić information content (AvgIpc) is 2.48. The lowest BCUT2D eigenvalue weighted by molar-refractivity contribution is 0.0792. The van der Waals surface area contributed by atoms with Gasteiger partial charge in [-0.25, -0.2) is 0 Å². The minimum absolute atomic E-state index is 0.802. The highest BCUT2D eigenvalue weighted by atomic mass is 79.9. The third-order valence-electron chi connectivity index (χ3n) is 4.68. The van der Waals surface area contributed by atoms with Gasteiger partial charge in [-0.2, -0.15) is 0 Å². The lowest BCUT2D eigenvalue weighted by Crippen LogP contribution is -2.49. The van der Waals surface area contributed by atoms with Crippen LogP contribution in [0.3, 0.4) is 0 Å². The second kappa shape index (κ2) is 7.06. The normalized spacial score (nSPS) is 25.8. The highest BCUT2D eigenvalue weighted by Crippen LogP contribution is 2.22. The molecule has 1 aromatic rings. The van der Waals surface area contributed by atoms with E-state index in [1.54, 1.807) is 0 Å². The molecule has 2 saturated heterocycles. The zero-order chi connectivity index (χ0) is 13.8. The Kier molecular flexibility index (Phi) is 5.14. The minimum Gasteiger partial charge on any atom is -0.299 e. The van der Waals surface area contributed by atoms with Crippen molar-refractivity contribution in [1.82, 2.24) is 9.80 Å². The van der Waals surface area contributed by atoms with Crippen LogP contribution in [0.2, 0.25) is 0 Å². The lowest BCUT2D eigenvalue weighted by atomic mass is 10.0. The van der Waals surface area contributed by atoms with Gasteiger partial charge in [0, 0.05) is 23.6 Å². The molecule has 110 valence electrons. The predicted molar refractivity (Wildman–Crippen MR) is 87.9 cm³/mol. The van der Waals surface area contributed by atoms with E-state index in [0.717, 1.165) is 12.6 Å². The van der Waals surface area contributed by atoms with Crippen LogP contribution in [0.15, 0.2) is 28.7 Å². The van der Waals surface area contributed by atoms with Crippen molar-refractivity contribution >= 4 is 15.9 Å². The Labute approximate surface area is 131 Å². The number of hydrogen-bond donors (Lipinski definition) is 0. The minimum atomic E-state index is 0.802. The van der Waals surface area contributed by atoms with Crippen LogP contribution in [0.5, 0.6) is 0 Å². The van der Waals surface area contributed by atoms with Crippen molar-refractivity contribution in [3.05, 3.63) is 34.3 Å². The van der Waals surface area contributed by atoms with Gasteiger partial charge < -0.3 is 0 Å². The molecule has 2 aliphatic rings. The largest absolute Gasteiger partial charge is 0.299 e. The molecular weight excluding hydrogens is 312 g/mol. The fourth-order valence-electron chi connectivity index (χ4n) is 3.65. The van der Waals surface area contributed by atoms with Crippen LogP contribution >= 0.6 is 15.9 Å². The molecule has 1 unspecified atom stereocenters. The summed E-state index contributed by atoms with van der Waals surface area (Å²) in [6, 6.07) is 9.55. The van der Waals surface area contributed by atoms with Crippen molar-refractivity contribution in [2.45, 2.75) is 44.7 Å². The molecule has 0 aliphatic carbocycles. The fourth-order valence-corrected chi connectivity index (χ4v) is 4.10. The lowest BCUT2D eigenvalue weighted by Gasteiger charge is -2.41. The number of benzene rings is 1. The van der Waals surface area contributed by atoms with Gasteiger partial charge in [-0.1, -0.05) is 34.5 Å². The van der Waals surface area contributed by atoms with Crippen molar-refractivity contribution in [3.63, 3.8) is 0 Å². The van der Waals surface area contributed by atoms with Gasteiger partial charge in [0.1, 0.15) is 0 Å². The molecule has 0 N–H and O–H groups in total. The first-order valence-electron chi connectivity index (χ1n) is 8.02. The maximum atomic E-state index is 3.57. The standard InChI is InChI=1S/C17H25BrN2/c18-16-7-4-6-15(12-16)13-19-9-5-8-17(14-19)20-10-2-1-3-11-20/h4,6-7,12,17H,1-3,5,8-11,13-14H2. The summed E-state index contributed by atoms with van der Waals surface area (Å²) >= 11 is 3.57. The van der Waals surface area contributed by atoms with E-state index in [0.29, 0.717) is 0 Å². The number of halogens is 1.